The van der Waals surface area contributed by atoms with Crippen LogP contribution in [0.4, 0.5) is 57.1 Å². The third-order valence-corrected chi connectivity index (χ3v) is 5.97. The number of fused-ring (bicyclic) bond motifs is 1. The SMILES string of the molecule is COc1ccc2c(C(=S)N(C)CC(=O)O)cccc2c1C(F)(F)C(F)(F)C(F)(F)C(F)(F)C(F)(F)C(F)(F)F. The first kappa shape index (κ1) is 32.2. The molecule has 218 valence electrons. The van der Waals surface area contributed by atoms with Crippen molar-refractivity contribution in [2.24, 2.45) is 0 Å². The number of benzene rings is 2. The Morgan fingerprint density at radius 3 is 1.79 bits per heavy atom. The van der Waals surface area contributed by atoms with Crippen molar-refractivity contribution in [2.75, 3.05) is 20.7 Å². The van der Waals surface area contributed by atoms with E-state index >= 15 is 8.78 Å². The smallest absolute Gasteiger partial charge is 0.460 e. The number of nitrogens with zero attached hydrogens (tertiary/aromatic N) is 1. The lowest BCUT2D eigenvalue weighted by atomic mass is 9.87. The lowest BCUT2D eigenvalue weighted by Gasteiger charge is -2.40. The molecule has 0 aliphatic rings. The lowest BCUT2D eigenvalue weighted by molar-refractivity contribution is -0.441. The van der Waals surface area contributed by atoms with Gasteiger partial charge in [0.15, 0.2) is 0 Å². The summed E-state index contributed by atoms with van der Waals surface area (Å²) in [6, 6.07) is 3.79. The number of thiocarbonyl (C=S) groups is 1. The van der Waals surface area contributed by atoms with Gasteiger partial charge in [0.05, 0.1) is 12.7 Å². The second-order valence-electron chi connectivity index (χ2n) is 7.97. The zero-order chi connectivity index (χ0) is 30.6. The van der Waals surface area contributed by atoms with Gasteiger partial charge in [-0.2, -0.15) is 57.1 Å². The number of rotatable bonds is 9. The first-order chi connectivity index (χ1) is 17.4. The first-order valence-electron chi connectivity index (χ1n) is 9.95. The van der Waals surface area contributed by atoms with Crippen LogP contribution in [0.1, 0.15) is 11.1 Å². The van der Waals surface area contributed by atoms with Gasteiger partial charge in [0.1, 0.15) is 17.3 Å². The van der Waals surface area contributed by atoms with Gasteiger partial charge < -0.3 is 14.7 Å². The third-order valence-electron chi connectivity index (χ3n) is 5.44. The van der Waals surface area contributed by atoms with Gasteiger partial charge in [-0.1, -0.05) is 30.4 Å². The number of carboxylic acids is 1. The minimum absolute atomic E-state index is 0.324. The molecule has 0 bridgehead atoms. The number of ether oxygens (including phenoxy) is 1. The molecule has 1 N–H and O–H groups in total. The highest BCUT2D eigenvalue weighted by Gasteiger charge is 2.91. The van der Waals surface area contributed by atoms with Gasteiger partial charge in [-0.15, -0.1) is 0 Å². The van der Waals surface area contributed by atoms with Crippen LogP contribution in [0.2, 0.25) is 0 Å². The van der Waals surface area contributed by atoms with Crippen molar-refractivity contribution in [1.29, 1.82) is 0 Å². The summed E-state index contributed by atoms with van der Waals surface area (Å²) in [6.45, 7) is -0.763. The molecule has 4 nitrogen and oxygen atoms in total. The fourth-order valence-electron chi connectivity index (χ4n) is 3.43. The minimum atomic E-state index is -8.06. The summed E-state index contributed by atoms with van der Waals surface area (Å²) in [6.07, 6.45) is -7.53. The Balaban J connectivity index is 2.88. The second kappa shape index (κ2) is 9.85. The Bertz CT molecular complexity index is 1280. The van der Waals surface area contributed by atoms with Crippen molar-refractivity contribution in [2.45, 2.75) is 35.8 Å². The molecule has 0 amide bonds. The average molecular weight is 607 g/mol. The van der Waals surface area contributed by atoms with Crippen molar-refractivity contribution < 1.29 is 71.7 Å². The van der Waals surface area contributed by atoms with E-state index in [0.717, 1.165) is 30.1 Å². The molecule has 0 saturated heterocycles. The van der Waals surface area contributed by atoms with E-state index in [1.165, 1.54) is 0 Å². The van der Waals surface area contributed by atoms with Crippen LogP contribution in [0.3, 0.4) is 0 Å². The number of alkyl halides is 13. The van der Waals surface area contributed by atoms with E-state index in [1.54, 1.807) is 0 Å². The van der Waals surface area contributed by atoms with Gasteiger partial charge in [0.25, 0.3) is 0 Å². The molecule has 0 spiro atoms. The largest absolute Gasteiger partial charge is 0.496 e. The van der Waals surface area contributed by atoms with Crippen molar-refractivity contribution in [3.63, 3.8) is 0 Å². The lowest BCUT2D eigenvalue weighted by Crippen LogP contribution is -2.69. The van der Waals surface area contributed by atoms with E-state index in [-0.39, 0.29) is 5.56 Å². The summed E-state index contributed by atoms with van der Waals surface area (Å²) in [5, 5.41) is 7.19. The van der Waals surface area contributed by atoms with Crippen LogP contribution in [-0.2, 0) is 10.7 Å². The van der Waals surface area contributed by atoms with E-state index in [1.807, 2.05) is 0 Å². The molecule has 0 fully saturated rings. The maximum absolute atomic E-state index is 15.2. The second-order valence-corrected chi connectivity index (χ2v) is 8.35. The summed E-state index contributed by atoms with van der Waals surface area (Å²) in [5.41, 5.74) is -2.60. The topological polar surface area (TPSA) is 49.8 Å². The molecule has 0 aliphatic carbocycles. The van der Waals surface area contributed by atoms with Crippen molar-refractivity contribution in [3.8, 4) is 5.75 Å². The minimum Gasteiger partial charge on any atom is -0.496 e. The Hall–Kier alpha value is -3.05. The van der Waals surface area contributed by atoms with E-state index in [4.69, 9.17) is 17.3 Å². The zero-order valence-electron chi connectivity index (χ0n) is 19.1. The molecular formula is C21H14F13NO3S. The van der Waals surface area contributed by atoms with Gasteiger partial charge in [-0.05, 0) is 22.9 Å². The van der Waals surface area contributed by atoms with Crippen LogP contribution in [0.5, 0.6) is 5.75 Å². The van der Waals surface area contributed by atoms with E-state index in [2.05, 4.69) is 4.74 Å². The van der Waals surface area contributed by atoms with Gasteiger partial charge in [0, 0.05) is 12.6 Å². The van der Waals surface area contributed by atoms with E-state index in [0.29, 0.717) is 19.2 Å². The van der Waals surface area contributed by atoms with Crippen LogP contribution >= 0.6 is 12.2 Å². The van der Waals surface area contributed by atoms with Crippen molar-refractivity contribution in [3.05, 3.63) is 41.5 Å². The van der Waals surface area contributed by atoms with E-state index in [9.17, 15) is 53.1 Å². The van der Waals surface area contributed by atoms with Crippen LogP contribution in [0.25, 0.3) is 10.8 Å². The predicted octanol–water partition coefficient (Wildman–Crippen LogP) is 6.74. The van der Waals surface area contributed by atoms with E-state index < -0.39 is 75.4 Å². The molecule has 2 aromatic carbocycles. The molecule has 0 saturated carbocycles. The Kier molecular flexibility index (Phi) is 8.12. The molecule has 0 unspecified atom stereocenters. The summed E-state index contributed by atoms with van der Waals surface area (Å²) in [7, 11) is 1.67. The predicted molar refractivity (Wildman–Crippen MR) is 112 cm³/mol. The number of carboxylic acid groups (broad SMARTS) is 1. The number of methoxy groups -OCH3 is 1. The summed E-state index contributed by atoms with van der Waals surface area (Å²) < 4.78 is 184. The Morgan fingerprint density at radius 2 is 1.33 bits per heavy atom. The summed E-state index contributed by atoms with van der Waals surface area (Å²) >= 11 is 5.03. The van der Waals surface area contributed by atoms with Crippen LogP contribution < -0.4 is 4.74 Å². The third kappa shape index (κ3) is 4.80. The fraction of sp³-hybridized carbons (Fsp3) is 0.429. The summed E-state index contributed by atoms with van der Waals surface area (Å²) in [5.74, 6) is -40.9. The van der Waals surface area contributed by atoms with Gasteiger partial charge in [0.2, 0.25) is 0 Å². The molecule has 18 heteroatoms. The molecule has 0 radical (unpaired) electrons. The maximum Gasteiger partial charge on any atom is 0.460 e. The van der Waals surface area contributed by atoms with Crippen molar-refractivity contribution >= 4 is 33.9 Å². The summed E-state index contributed by atoms with van der Waals surface area (Å²) in [4.78, 5) is 11.4. The van der Waals surface area contributed by atoms with Gasteiger partial charge >= 0.3 is 41.8 Å². The number of carbonyl (C=O) groups is 1. The van der Waals surface area contributed by atoms with Gasteiger partial charge in [-0.3, -0.25) is 4.79 Å². The number of halogens is 13. The Labute approximate surface area is 214 Å². The standard InChI is InChI=1S/C21H14F13NO3S/c1-35(8-13(36)37)15(39)11-5-3-4-10-9(11)6-7-12(38-2)14(10)16(22,23)17(24,25)18(26,27)19(28,29)20(30,31)21(32,33)34/h3-7H,8H2,1-2H3,(H,36,37). The monoisotopic (exact) mass is 607 g/mol. The molecule has 2 rings (SSSR count). The van der Waals surface area contributed by atoms with Crippen molar-refractivity contribution in [1.82, 2.24) is 4.90 Å². The first-order valence-corrected chi connectivity index (χ1v) is 10.4. The van der Waals surface area contributed by atoms with Crippen LogP contribution in [-0.4, -0.2) is 71.5 Å². The highest BCUT2D eigenvalue weighted by molar-refractivity contribution is 7.80. The number of aliphatic carboxylic acids is 1. The van der Waals surface area contributed by atoms with Crippen LogP contribution in [0, 0.1) is 0 Å². The molecule has 0 atom stereocenters. The molecule has 0 aliphatic heterocycles. The zero-order valence-corrected chi connectivity index (χ0v) is 19.9. The fourth-order valence-corrected chi connectivity index (χ4v) is 3.67. The highest BCUT2D eigenvalue weighted by Crippen LogP contribution is 2.63. The number of hydrogen-bond acceptors (Lipinski definition) is 3. The molecule has 0 aromatic heterocycles. The maximum atomic E-state index is 15.2. The van der Waals surface area contributed by atoms with Crippen LogP contribution in [0.15, 0.2) is 30.3 Å². The quantitative estimate of drug-likeness (QED) is 0.253. The molecule has 2 aromatic rings. The normalized spacial score (nSPS) is 13.9. The highest BCUT2D eigenvalue weighted by atomic mass is 32.1. The van der Waals surface area contributed by atoms with Gasteiger partial charge in [-0.25, -0.2) is 0 Å². The number of hydrogen-bond donors (Lipinski definition) is 1. The number of likely N-dealkylation sites (N-methyl/N-ethyl adjacent to an activating group) is 1. The molecule has 0 heterocycles. The molecule has 39 heavy (non-hydrogen) atoms. The molecular weight excluding hydrogens is 593 g/mol. The average Bonchev–Trinajstić information content (AvgIpc) is 2.80. The Morgan fingerprint density at radius 1 is 0.821 bits per heavy atom.